The van der Waals surface area contributed by atoms with E-state index in [1.807, 2.05) is 36.5 Å². The molecule has 0 fully saturated rings. The summed E-state index contributed by atoms with van der Waals surface area (Å²) in [6.07, 6.45) is 39.5. The van der Waals surface area contributed by atoms with E-state index >= 15 is 0 Å². The van der Waals surface area contributed by atoms with Crippen LogP contribution in [0.2, 0.25) is 0 Å². The number of allylic oxidation sites excluding steroid dienone is 8. The highest BCUT2D eigenvalue weighted by Crippen LogP contribution is 2.43. The predicted octanol–water partition coefficient (Wildman–Crippen LogP) is 12.0. The van der Waals surface area contributed by atoms with Crippen LogP contribution in [-0.4, -0.2) is 76.1 Å². The molecule has 0 heterocycles. The first-order valence-electron chi connectivity index (χ1n) is 24.1. The van der Waals surface area contributed by atoms with Crippen LogP contribution in [0.4, 0.5) is 0 Å². The van der Waals surface area contributed by atoms with Crippen molar-refractivity contribution in [3.05, 3.63) is 48.6 Å². The normalized spacial score (nSPS) is 14.3. The molecule has 0 aromatic carbocycles. The minimum atomic E-state index is -4.88. The van der Waals surface area contributed by atoms with E-state index in [0.717, 1.165) is 63.7 Å². The molecule has 0 radical (unpaired) electrons. The van der Waals surface area contributed by atoms with Crippen LogP contribution in [-0.2, 0) is 46.6 Å². The number of rotatable bonds is 45. The highest BCUT2D eigenvalue weighted by atomic mass is 31.2. The first-order valence-corrected chi connectivity index (χ1v) is 27.2. The largest absolute Gasteiger partial charge is 0.472 e. The van der Waals surface area contributed by atoms with Gasteiger partial charge in [-0.3, -0.25) is 28.0 Å². The van der Waals surface area contributed by atoms with E-state index in [4.69, 9.17) is 23.8 Å². The first kappa shape index (κ1) is 61.8. The summed E-state index contributed by atoms with van der Waals surface area (Å²) >= 11 is 0. The topological polar surface area (TPSA) is 212 Å². The van der Waals surface area contributed by atoms with Crippen molar-refractivity contribution in [2.24, 2.45) is 5.92 Å². The van der Waals surface area contributed by atoms with Gasteiger partial charge in [0.1, 0.15) is 12.7 Å². The van der Waals surface area contributed by atoms with Gasteiger partial charge < -0.3 is 29.3 Å². The van der Waals surface area contributed by atoms with Gasteiger partial charge in [-0.25, -0.2) is 9.13 Å². The second kappa shape index (κ2) is 42.1. The lowest BCUT2D eigenvalue weighted by molar-refractivity contribution is -0.161. The molecule has 372 valence electrons. The summed E-state index contributed by atoms with van der Waals surface area (Å²) in [5.74, 6) is -0.164. The molecule has 0 aromatic rings. The summed E-state index contributed by atoms with van der Waals surface area (Å²) in [5, 5.41) is 9.76. The van der Waals surface area contributed by atoms with Crippen LogP contribution in [0.1, 0.15) is 194 Å². The van der Waals surface area contributed by atoms with Crippen LogP contribution in [0.5, 0.6) is 0 Å². The summed E-state index contributed by atoms with van der Waals surface area (Å²) in [7, 11) is -9.71. The van der Waals surface area contributed by atoms with Gasteiger partial charge in [0.05, 0.1) is 19.8 Å². The summed E-state index contributed by atoms with van der Waals surface area (Å²) in [5.41, 5.74) is 0. The molecule has 0 bridgehead atoms. The number of phosphoric ester groups is 2. The van der Waals surface area contributed by atoms with Gasteiger partial charge in [-0.1, -0.05) is 179 Å². The zero-order valence-electron chi connectivity index (χ0n) is 39.5. The van der Waals surface area contributed by atoms with E-state index < -0.39 is 66.2 Å². The Kier molecular flexibility index (Phi) is 40.6. The Hall–Kier alpha value is -2.25. The zero-order chi connectivity index (χ0) is 47.6. The van der Waals surface area contributed by atoms with Gasteiger partial charge >= 0.3 is 27.6 Å². The van der Waals surface area contributed by atoms with E-state index in [2.05, 4.69) is 29.8 Å². The average Bonchev–Trinajstić information content (AvgIpc) is 3.24. The van der Waals surface area contributed by atoms with Gasteiger partial charge in [0.15, 0.2) is 11.9 Å². The van der Waals surface area contributed by atoms with Gasteiger partial charge in [0.25, 0.3) is 0 Å². The van der Waals surface area contributed by atoms with Crippen molar-refractivity contribution in [2.75, 3.05) is 26.4 Å². The van der Waals surface area contributed by atoms with Crippen LogP contribution in [0, 0.1) is 5.92 Å². The van der Waals surface area contributed by atoms with Gasteiger partial charge in [-0.2, -0.15) is 0 Å². The fourth-order valence-electron chi connectivity index (χ4n) is 6.42. The van der Waals surface area contributed by atoms with E-state index in [9.17, 15) is 33.5 Å². The number of hydrogen-bond donors (Lipinski definition) is 4. The third-order valence-electron chi connectivity index (χ3n) is 10.1. The lowest BCUT2D eigenvalue weighted by atomic mass is 10.0. The third-order valence-corrected chi connectivity index (χ3v) is 11.6. The lowest BCUT2D eigenvalue weighted by Crippen LogP contribution is -2.30. The quantitative estimate of drug-likeness (QED) is 0.0112. The Morgan fingerprint density at radius 3 is 1.62 bits per heavy atom. The number of phosphoric acid groups is 2. The lowest BCUT2D eigenvalue weighted by Gasteiger charge is -2.20. The fourth-order valence-corrected chi connectivity index (χ4v) is 7.58. The van der Waals surface area contributed by atoms with E-state index in [1.54, 1.807) is 12.2 Å². The number of esters is 2. The van der Waals surface area contributed by atoms with E-state index in [1.165, 1.54) is 77.0 Å². The maximum atomic E-state index is 12.7. The van der Waals surface area contributed by atoms with Crippen molar-refractivity contribution in [3.8, 4) is 0 Å². The molecule has 1 unspecified atom stereocenters. The smallest absolute Gasteiger partial charge is 0.462 e. The molecule has 0 amide bonds. The van der Waals surface area contributed by atoms with Crippen LogP contribution in [0.3, 0.4) is 0 Å². The van der Waals surface area contributed by atoms with E-state index in [0.29, 0.717) is 25.7 Å². The number of ether oxygens (including phenoxy) is 2. The number of aliphatic hydroxyl groups is 1. The number of hydrogen-bond acceptors (Lipinski definition) is 11. The molecular formula is C48H86O14P2. The molecule has 0 aliphatic carbocycles. The van der Waals surface area contributed by atoms with Crippen LogP contribution >= 0.6 is 15.6 Å². The van der Waals surface area contributed by atoms with Gasteiger partial charge in [-0.05, 0) is 50.5 Å². The molecular weight excluding hydrogens is 862 g/mol. The highest BCUT2D eigenvalue weighted by molar-refractivity contribution is 7.47. The average molecular weight is 949 g/mol. The summed E-state index contributed by atoms with van der Waals surface area (Å²) in [4.78, 5) is 64.5. The molecule has 14 nitrogen and oxygen atoms in total. The Morgan fingerprint density at radius 1 is 0.547 bits per heavy atom. The Labute approximate surface area is 385 Å². The van der Waals surface area contributed by atoms with Gasteiger partial charge in [0, 0.05) is 19.3 Å². The van der Waals surface area contributed by atoms with Gasteiger partial charge in [0.2, 0.25) is 0 Å². The molecule has 64 heavy (non-hydrogen) atoms. The van der Waals surface area contributed by atoms with Crippen LogP contribution in [0.25, 0.3) is 0 Å². The number of aliphatic hydroxyl groups excluding tert-OH is 1. The third kappa shape index (κ3) is 46.3. The van der Waals surface area contributed by atoms with Crippen molar-refractivity contribution in [1.29, 1.82) is 0 Å². The molecule has 16 heteroatoms. The maximum Gasteiger partial charge on any atom is 0.472 e. The number of carbonyl (C=O) groups is 3. The highest BCUT2D eigenvalue weighted by Gasteiger charge is 2.28. The second-order valence-corrected chi connectivity index (χ2v) is 19.6. The molecule has 0 spiro atoms. The fraction of sp³-hybridized carbons (Fsp3) is 0.771. The van der Waals surface area contributed by atoms with Crippen molar-refractivity contribution in [2.45, 2.75) is 206 Å². The minimum Gasteiger partial charge on any atom is -0.462 e. The molecule has 0 aliphatic rings. The minimum absolute atomic E-state index is 0.0934. The summed E-state index contributed by atoms with van der Waals surface area (Å²) in [6, 6.07) is 0. The zero-order valence-corrected chi connectivity index (χ0v) is 41.3. The maximum absolute atomic E-state index is 12.7. The first-order chi connectivity index (χ1) is 30.6. The monoisotopic (exact) mass is 949 g/mol. The SMILES string of the molecule is CCCCCC(=O)/C=C/C=C\C/C=C\C/C=C\CCCC(=O)OC[C@H](COP(=O)(O)OC[C@@H](O)COP(=O)(O)O)OC(=O)CCCCCCCCCCCCCCCCCCC(C)C. The molecule has 0 saturated heterocycles. The second-order valence-electron chi connectivity index (χ2n) is 16.9. The molecule has 3 atom stereocenters. The van der Waals surface area contributed by atoms with Crippen molar-refractivity contribution in [1.82, 2.24) is 0 Å². The molecule has 0 aliphatic heterocycles. The Morgan fingerprint density at radius 2 is 1.05 bits per heavy atom. The number of unbranched alkanes of at least 4 members (excludes halogenated alkanes) is 18. The summed E-state index contributed by atoms with van der Waals surface area (Å²) < 4.78 is 47.8. The van der Waals surface area contributed by atoms with Crippen molar-refractivity contribution in [3.63, 3.8) is 0 Å². The summed E-state index contributed by atoms with van der Waals surface area (Å²) in [6.45, 7) is 3.88. The Bertz CT molecular complexity index is 1390. The molecule has 0 aromatic heterocycles. The van der Waals surface area contributed by atoms with Crippen molar-refractivity contribution >= 4 is 33.4 Å². The van der Waals surface area contributed by atoms with Crippen molar-refractivity contribution < 1.29 is 66.3 Å². The number of ketones is 1. The standard InChI is InChI=1S/C48H86O14P2/c1-4-5-29-35-44(49)36-31-26-22-18-14-12-16-19-23-27-32-37-47(51)58-41-46(42-61-64(56,57)60-40-45(50)39-59-63(53,54)55)62-48(52)38-33-28-24-20-15-11-9-7-6-8-10-13-17-21-25-30-34-43(2)3/h12,14,19,22-23,26,31,36,43,45-46,50H,4-11,13,15-18,20-21,24-25,27-30,32-35,37-42H2,1-3H3,(H,56,57)(H2,53,54,55)/b14-12-,23-19-,26-22-,36-31+/t45-,46+/m0/s1. The van der Waals surface area contributed by atoms with Crippen LogP contribution < -0.4 is 0 Å². The molecule has 0 saturated carbocycles. The van der Waals surface area contributed by atoms with Gasteiger partial charge in [-0.15, -0.1) is 0 Å². The predicted molar refractivity (Wildman–Crippen MR) is 253 cm³/mol. The molecule has 0 rings (SSSR count). The number of carbonyl (C=O) groups excluding carboxylic acids is 3. The van der Waals surface area contributed by atoms with Crippen LogP contribution in [0.15, 0.2) is 48.6 Å². The van der Waals surface area contributed by atoms with E-state index in [-0.39, 0.29) is 18.6 Å². The Balaban J connectivity index is 4.55. The molecule has 4 N–H and O–H groups in total.